The first kappa shape index (κ1) is 27.8. The van der Waals surface area contributed by atoms with Gasteiger partial charge < -0.3 is 0 Å². The molecule has 3 aromatic rings. The summed E-state index contributed by atoms with van der Waals surface area (Å²) in [7, 11) is 0. The third-order valence-corrected chi connectivity index (χ3v) is 8.82. The first-order chi connectivity index (χ1) is 21.3. The van der Waals surface area contributed by atoms with Crippen LogP contribution >= 0.6 is 0 Å². The van der Waals surface area contributed by atoms with Gasteiger partial charge in [-0.15, -0.1) is 0 Å². The number of carbonyl (C=O) groups is 3. The van der Waals surface area contributed by atoms with Crippen molar-refractivity contribution < 1.29 is 18.8 Å². The van der Waals surface area contributed by atoms with Crippen molar-refractivity contribution in [2.45, 2.75) is 51.2 Å². The minimum atomic E-state index is -1.09. The molecule has 222 valence electrons. The smallest absolute Gasteiger partial charge is 0.264 e. The van der Waals surface area contributed by atoms with Crippen LogP contribution in [0.5, 0.6) is 0 Å². The zero-order valence-electron chi connectivity index (χ0n) is 24.4. The van der Waals surface area contributed by atoms with Crippen molar-refractivity contribution >= 4 is 35.2 Å². The second kappa shape index (κ2) is 10.9. The quantitative estimate of drug-likeness (QED) is 0.364. The molecule has 3 heterocycles. The largest absolute Gasteiger partial charge is 0.271 e. The van der Waals surface area contributed by atoms with Gasteiger partial charge in [0.05, 0.1) is 17.4 Å². The molecule has 44 heavy (non-hydrogen) atoms. The topological polar surface area (TPSA) is 98.0 Å². The van der Waals surface area contributed by atoms with Crippen molar-refractivity contribution in [3.05, 3.63) is 106 Å². The number of hydrazone groups is 1. The molecule has 0 radical (unpaired) electrons. The molecule has 10 heteroatoms. The van der Waals surface area contributed by atoms with E-state index in [9.17, 15) is 18.8 Å². The van der Waals surface area contributed by atoms with Crippen molar-refractivity contribution in [3.63, 3.8) is 0 Å². The maximum absolute atomic E-state index is 14.1. The highest BCUT2D eigenvalue weighted by Gasteiger charge is 2.55. The first-order valence-corrected chi connectivity index (χ1v) is 14.8. The Morgan fingerprint density at radius 3 is 2.41 bits per heavy atom. The first-order valence-electron chi connectivity index (χ1n) is 14.8. The van der Waals surface area contributed by atoms with Crippen LogP contribution in [-0.4, -0.2) is 52.1 Å². The third-order valence-electron chi connectivity index (χ3n) is 8.82. The molecule has 4 atom stereocenters. The summed E-state index contributed by atoms with van der Waals surface area (Å²) in [5, 5.41) is 15.9. The maximum atomic E-state index is 14.1. The summed E-state index contributed by atoms with van der Waals surface area (Å²) in [5.41, 5.74) is 6.51. The number of hydrogen-bond donors (Lipinski definition) is 0. The molecule has 0 unspecified atom stereocenters. The van der Waals surface area contributed by atoms with E-state index >= 15 is 0 Å². The van der Waals surface area contributed by atoms with Gasteiger partial charge in [0.15, 0.2) is 12.1 Å². The number of nitrogens with zero attached hydrogens (tertiary/aromatic N) is 6. The molecular weight excluding hydrogens is 559 g/mol. The number of hydrogen-bond acceptors (Lipinski definition) is 7. The third kappa shape index (κ3) is 4.80. The Bertz CT molecular complexity index is 1750. The number of fused-ring (bicyclic) bond motifs is 2. The molecule has 0 N–H and O–H groups in total. The summed E-state index contributed by atoms with van der Waals surface area (Å²) in [6, 6.07) is 19.3. The fourth-order valence-electron chi connectivity index (χ4n) is 6.60. The van der Waals surface area contributed by atoms with Crippen LogP contribution in [0.4, 0.5) is 10.1 Å². The standard InChI is InChI=1S/C34H31FN6O3/c1-20-9-13-22(14-10-20)17-24-5-3-8-27-29(24)37-41(31(27)23-15-11-21(2)12-16-23)28(42)19-39-32-30(36-38-39)33(43)40(34(32)44)26-7-4-6-25(35)18-26/h4,6-7,9-18,27,30-32H,3,5,8,19H2,1-2H3/b24-17+/t27-,30+,31-,32+/m1/s1. The predicted octanol–water partition coefficient (Wildman–Crippen LogP) is 5.56. The number of benzene rings is 3. The summed E-state index contributed by atoms with van der Waals surface area (Å²) in [5.74, 6) is -2.10. The average Bonchev–Trinajstić information content (AvgIpc) is 3.68. The van der Waals surface area contributed by atoms with Gasteiger partial charge in [0.1, 0.15) is 12.4 Å². The molecule has 9 nitrogen and oxygen atoms in total. The van der Waals surface area contributed by atoms with Gasteiger partial charge in [0.2, 0.25) is 0 Å². The van der Waals surface area contributed by atoms with Crippen LogP contribution in [0.2, 0.25) is 0 Å². The molecule has 0 spiro atoms. The van der Waals surface area contributed by atoms with Crippen molar-refractivity contribution in [2.75, 3.05) is 11.4 Å². The van der Waals surface area contributed by atoms with E-state index < -0.39 is 29.7 Å². The second-order valence-corrected chi connectivity index (χ2v) is 11.8. The highest BCUT2D eigenvalue weighted by molar-refractivity contribution is 6.25. The molecule has 7 rings (SSSR count). The van der Waals surface area contributed by atoms with Crippen molar-refractivity contribution in [2.24, 2.45) is 21.4 Å². The van der Waals surface area contributed by atoms with Gasteiger partial charge in [-0.3, -0.25) is 19.4 Å². The summed E-state index contributed by atoms with van der Waals surface area (Å²) in [6.45, 7) is 3.79. The Kier molecular flexibility index (Phi) is 6.91. The normalized spacial score (nSPS) is 25.1. The van der Waals surface area contributed by atoms with Crippen LogP contribution in [0.15, 0.2) is 93.8 Å². The molecule has 4 aliphatic rings. The molecule has 3 amide bonds. The highest BCUT2D eigenvalue weighted by Crippen LogP contribution is 2.45. The van der Waals surface area contributed by atoms with E-state index in [0.29, 0.717) is 0 Å². The number of allylic oxidation sites excluding steroid dienone is 1. The van der Waals surface area contributed by atoms with Crippen LogP contribution in [0.3, 0.4) is 0 Å². The number of halogens is 1. The minimum Gasteiger partial charge on any atom is -0.271 e. The van der Waals surface area contributed by atoms with Gasteiger partial charge in [-0.2, -0.15) is 10.2 Å². The van der Waals surface area contributed by atoms with Crippen LogP contribution in [0.1, 0.15) is 47.6 Å². The fourth-order valence-corrected chi connectivity index (χ4v) is 6.60. The maximum Gasteiger partial charge on any atom is 0.264 e. The molecule has 3 aliphatic heterocycles. The number of amides is 3. The highest BCUT2D eigenvalue weighted by atomic mass is 19.1. The van der Waals surface area contributed by atoms with Crippen molar-refractivity contribution in [1.82, 2.24) is 10.0 Å². The second-order valence-electron chi connectivity index (χ2n) is 11.8. The van der Waals surface area contributed by atoms with Gasteiger partial charge in [-0.05, 0) is 74.1 Å². The van der Waals surface area contributed by atoms with E-state index in [-0.39, 0.29) is 30.1 Å². The molecular formula is C34H31FN6O3. The lowest BCUT2D eigenvalue weighted by Crippen LogP contribution is -2.45. The molecule has 1 aliphatic carbocycles. The summed E-state index contributed by atoms with van der Waals surface area (Å²) < 4.78 is 13.9. The SMILES string of the molecule is Cc1ccc(/C=C2\CCC[C@@H]3C2=NN(C(=O)CN2N=N[C@@H]4C(=O)N(c5cccc(F)c5)C(=O)[C@H]42)[C@@H]3c2ccc(C)cc2)cc1. The fraction of sp³-hybridized carbons (Fsp3) is 0.294. The van der Waals surface area contributed by atoms with Crippen LogP contribution < -0.4 is 4.90 Å². The Morgan fingerprint density at radius 2 is 1.68 bits per heavy atom. The van der Waals surface area contributed by atoms with E-state index in [2.05, 4.69) is 47.6 Å². The molecule has 3 aromatic carbocycles. The van der Waals surface area contributed by atoms with E-state index in [0.717, 1.165) is 58.2 Å². The summed E-state index contributed by atoms with van der Waals surface area (Å²) >= 11 is 0. The number of carbonyl (C=O) groups excluding carboxylic acids is 3. The molecule has 1 saturated carbocycles. The summed E-state index contributed by atoms with van der Waals surface area (Å²) in [4.78, 5) is 41.6. The molecule has 0 bridgehead atoms. The van der Waals surface area contributed by atoms with Crippen molar-refractivity contribution in [1.29, 1.82) is 0 Å². The Morgan fingerprint density at radius 1 is 0.955 bits per heavy atom. The van der Waals surface area contributed by atoms with Crippen LogP contribution in [-0.2, 0) is 14.4 Å². The van der Waals surface area contributed by atoms with Gasteiger partial charge in [0, 0.05) is 5.92 Å². The van der Waals surface area contributed by atoms with E-state index in [1.54, 1.807) is 0 Å². The number of imide groups is 1. The van der Waals surface area contributed by atoms with Gasteiger partial charge in [0.25, 0.3) is 17.7 Å². The lowest BCUT2D eigenvalue weighted by atomic mass is 9.77. The average molecular weight is 591 g/mol. The lowest BCUT2D eigenvalue weighted by Gasteiger charge is -2.30. The Balaban J connectivity index is 1.19. The monoisotopic (exact) mass is 590 g/mol. The van der Waals surface area contributed by atoms with E-state index in [1.807, 2.05) is 31.2 Å². The van der Waals surface area contributed by atoms with Gasteiger partial charge in [-0.1, -0.05) is 70.9 Å². The number of rotatable bonds is 5. The van der Waals surface area contributed by atoms with Crippen LogP contribution in [0.25, 0.3) is 6.08 Å². The lowest BCUT2D eigenvalue weighted by molar-refractivity contribution is -0.136. The number of aryl methyl sites for hydroxylation is 2. The van der Waals surface area contributed by atoms with Crippen LogP contribution in [0, 0.1) is 25.6 Å². The van der Waals surface area contributed by atoms with E-state index in [4.69, 9.17) is 5.10 Å². The zero-order valence-corrected chi connectivity index (χ0v) is 24.4. The summed E-state index contributed by atoms with van der Waals surface area (Å²) in [6.07, 6.45) is 4.88. The zero-order chi connectivity index (χ0) is 30.5. The van der Waals surface area contributed by atoms with Gasteiger partial charge in [-0.25, -0.2) is 14.3 Å². The Labute approximate surface area is 254 Å². The molecule has 0 aromatic heterocycles. The minimum absolute atomic E-state index is 0.0122. The van der Waals surface area contributed by atoms with Crippen molar-refractivity contribution in [3.8, 4) is 0 Å². The number of anilines is 1. The molecule has 2 fully saturated rings. The predicted molar refractivity (Wildman–Crippen MR) is 163 cm³/mol. The van der Waals surface area contributed by atoms with Gasteiger partial charge >= 0.3 is 0 Å². The van der Waals surface area contributed by atoms with E-state index in [1.165, 1.54) is 33.8 Å². The Hall–Kier alpha value is -4.99. The molecule has 1 saturated heterocycles.